The van der Waals surface area contributed by atoms with Gasteiger partial charge in [-0.15, -0.1) is 11.8 Å². The molecule has 3 aliphatic rings. The number of amides is 1. The van der Waals surface area contributed by atoms with Crippen LogP contribution in [0.3, 0.4) is 0 Å². The first-order chi connectivity index (χ1) is 14.0. The van der Waals surface area contributed by atoms with Crippen molar-refractivity contribution in [3.63, 3.8) is 0 Å². The number of halogens is 1. The highest BCUT2D eigenvalue weighted by Crippen LogP contribution is 2.49. The number of fused-ring (bicyclic) bond motifs is 1. The maximum Gasteiger partial charge on any atom is 0.252 e. The Kier molecular flexibility index (Phi) is 6.36. The fourth-order valence-electron chi connectivity index (χ4n) is 4.23. The third-order valence-corrected chi connectivity index (χ3v) is 8.18. The first kappa shape index (κ1) is 20.6. The van der Waals surface area contributed by atoms with Crippen LogP contribution in [-0.4, -0.2) is 12.5 Å². The molecule has 0 radical (unpaired) electrons. The van der Waals surface area contributed by atoms with Crippen LogP contribution < -0.4 is 5.32 Å². The minimum absolute atomic E-state index is 0.0418. The molecule has 0 saturated heterocycles. The molecule has 1 saturated carbocycles. The molecular weight excluding hydrogens is 398 g/mol. The summed E-state index contributed by atoms with van der Waals surface area (Å²) in [7, 11) is 0. The van der Waals surface area contributed by atoms with Crippen LogP contribution in [0.5, 0.6) is 0 Å². The average Bonchev–Trinajstić information content (AvgIpc) is 2.69. The molecular formula is C25H28ClNOS. The highest BCUT2D eigenvalue weighted by atomic mass is 35.5. The maximum absolute atomic E-state index is 13.1. The van der Waals surface area contributed by atoms with Crippen LogP contribution in [0.25, 0.3) is 0 Å². The Hall–Kier alpha value is -1.71. The van der Waals surface area contributed by atoms with Gasteiger partial charge < -0.3 is 5.32 Å². The topological polar surface area (TPSA) is 29.1 Å². The van der Waals surface area contributed by atoms with Crippen LogP contribution in [0.1, 0.15) is 38.7 Å². The largest absolute Gasteiger partial charge is 0.348 e. The van der Waals surface area contributed by atoms with Crippen molar-refractivity contribution in [1.82, 2.24) is 5.32 Å². The summed E-state index contributed by atoms with van der Waals surface area (Å²) in [6, 6.07) is 7.97. The second-order valence-electron chi connectivity index (χ2n) is 8.29. The Morgan fingerprint density at radius 1 is 1.24 bits per heavy atom. The summed E-state index contributed by atoms with van der Waals surface area (Å²) in [4.78, 5) is 14.3. The summed E-state index contributed by atoms with van der Waals surface area (Å²) in [5.74, 6) is 2.47. The molecule has 4 rings (SSSR count). The van der Waals surface area contributed by atoms with Gasteiger partial charge >= 0.3 is 0 Å². The second-order valence-corrected chi connectivity index (χ2v) is 9.72. The van der Waals surface area contributed by atoms with Gasteiger partial charge in [0.25, 0.3) is 5.91 Å². The number of thioether (sulfide) groups is 1. The summed E-state index contributed by atoms with van der Waals surface area (Å²) in [5.41, 5.74) is 4.59. The summed E-state index contributed by atoms with van der Waals surface area (Å²) < 4.78 is 0. The quantitative estimate of drug-likeness (QED) is 0.567. The molecule has 29 heavy (non-hydrogen) atoms. The number of nitrogens with one attached hydrogen (secondary N) is 1. The molecule has 3 unspecified atom stereocenters. The summed E-state index contributed by atoms with van der Waals surface area (Å²) in [5, 5.41) is 3.97. The molecule has 0 bridgehead atoms. The van der Waals surface area contributed by atoms with E-state index in [1.54, 1.807) is 11.8 Å². The van der Waals surface area contributed by atoms with E-state index < -0.39 is 0 Å². The fourth-order valence-corrected chi connectivity index (χ4v) is 5.90. The van der Waals surface area contributed by atoms with E-state index in [4.69, 9.17) is 11.6 Å². The Balaban J connectivity index is 1.50. The molecule has 3 atom stereocenters. The number of carbonyl (C=O) groups is 1. The zero-order valence-corrected chi connectivity index (χ0v) is 18.7. The zero-order valence-electron chi connectivity index (χ0n) is 17.1. The molecule has 0 aromatic heterocycles. The Morgan fingerprint density at radius 3 is 2.83 bits per heavy atom. The van der Waals surface area contributed by atoms with Crippen molar-refractivity contribution in [2.45, 2.75) is 38.9 Å². The summed E-state index contributed by atoms with van der Waals surface area (Å²) >= 11 is 8.13. The third-order valence-electron chi connectivity index (χ3n) is 6.52. The van der Waals surface area contributed by atoms with Crippen molar-refractivity contribution in [3.05, 3.63) is 80.8 Å². The molecule has 0 aliphatic heterocycles. The maximum atomic E-state index is 13.1. The molecule has 152 valence electrons. The predicted molar refractivity (Wildman–Crippen MR) is 124 cm³/mol. The molecule has 1 N–H and O–H groups in total. The summed E-state index contributed by atoms with van der Waals surface area (Å²) in [6.07, 6.45) is 12.1. The van der Waals surface area contributed by atoms with E-state index in [2.05, 4.69) is 43.5 Å². The number of allylic oxidation sites excluding steroid dienone is 4. The standard InChI is InChI=1S/C25H28ClNOS/c1-16-6-5-8-19(17(16)2)14-27-25(28)22-13-11-18-10-12-21(18)24(22)29-15-20-7-3-4-9-23(20)26/h3-5,7-9,11,13,16,18,21H,6,10,12,14-15H2,1-2H3,(H,27,28). The van der Waals surface area contributed by atoms with Crippen molar-refractivity contribution >= 4 is 29.3 Å². The van der Waals surface area contributed by atoms with Crippen LogP contribution in [-0.2, 0) is 10.5 Å². The van der Waals surface area contributed by atoms with E-state index in [1.807, 2.05) is 24.3 Å². The van der Waals surface area contributed by atoms with E-state index >= 15 is 0 Å². The highest BCUT2D eigenvalue weighted by Gasteiger charge is 2.37. The molecule has 0 heterocycles. The molecule has 4 heteroatoms. The van der Waals surface area contributed by atoms with Crippen molar-refractivity contribution in [2.75, 3.05) is 6.54 Å². The molecule has 3 aliphatic carbocycles. The van der Waals surface area contributed by atoms with E-state index in [1.165, 1.54) is 28.9 Å². The first-order valence-corrected chi connectivity index (χ1v) is 11.8. The average molecular weight is 426 g/mol. The van der Waals surface area contributed by atoms with E-state index in [0.717, 1.165) is 28.3 Å². The molecule has 0 spiro atoms. The number of carbonyl (C=O) groups excluding carboxylic acids is 1. The minimum atomic E-state index is 0.0418. The van der Waals surface area contributed by atoms with Gasteiger partial charge in [0, 0.05) is 27.8 Å². The number of hydrogen-bond acceptors (Lipinski definition) is 2. The lowest BCUT2D eigenvalue weighted by Gasteiger charge is -2.39. The molecule has 1 aromatic carbocycles. The van der Waals surface area contributed by atoms with E-state index in [-0.39, 0.29) is 5.91 Å². The van der Waals surface area contributed by atoms with E-state index in [0.29, 0.717) is 24.3 Å². The lowest BCUT2D eigenvalue weighted by Crippen LogP contribution is -2.33. The third kappa shape index (κ3) is 4.41. The monoisotopic (exact) mass is 425 g/mol. The molecule has 1 fully saturated rings. The Bertz CT molecular complexity index is 927. The minimum Gasteiger partial charge on any atom is -0.348 e. The van der Waals surface area contributed by atoms with Crippen molar-refractivity contribution in [1.29, 1.82) is 0 Å². The molecule has 1 aromatic rings. The van der Waals surface area contributed by atoms with Gasteiger partial charge in [0.1, 0.15) is 0 Å². The predicted octanol–water partition coefficient (Wildman–Crippen LogP) is 6.45. The first-order valence-electron chi connectivity index (χ1n) is 10.5. The fraction of sp³-hybridized carbons (Fsp3) is 0.400. The zero-order chi connectivity index (χ0) is 20.4. The number of benzene rings is 1. The second kappa shape index (κ2) is 8.97. The van der Waals surface area contributed by atoms with Gasteiger partial charge in [-0.2, -0.15) is 0 Å². The van der Waals surface area contributed by atoms with Gasteiger partial charge in [-0.05, 0) is 61.1 Å². The number of rotatable bonds is 6. The lowest BCUT2D eigenvalue weighted by atomic mass is 9.70. The van der Waals surface area contributed by atoms with Crippen LogP contribution in [0.4, 0.5) is 0 Å². The van der Waals surface area contributed by atoms with Crippen LogP contribution in [0, 0.1) is 17.8 Å². The Labute approximate surface area is 183 Å². The van der Waals surface area contributed by atoms with Crippen molar-refractivity contribution in [2.24, 2.45) is 17.8 Å². The summed E-state index contributed by atoms with van der Waals surface area (Å²) in [6.45, 7) is 5.02. The lowest BCUT2D eigenvalue weighted by molar-refractivity contribution is -0.117. The molecule has 2 nitrogen and oxygen atoms in total. The van der Waals surface area contributed by atoms with Gasteiger partial charge in [-0.3, -0.25) is 4.79 Å². The number of hydrogen-bond donors (Lipinski definition) is 1. The van der Waals surface area contributed by atoms with Crippen LogP contribution in [0.2, 0.25) is 5.02 Å². The SMILES string of the molecule is CC1=C(CNC(=O)C2=C(SCc3ccccc3Cl)C3CCC3C=C2)C=CCC1C. The van der Waals surface area contributed by atoms with E-state index in [9.17, 15) is 4.79 Å². The van der Waals surface area contributed by atoms with Crippen LogP contribution >= 0.6 is 23.4 Å². The van der Waals surface area contributed by atoms with Crippen LogP contribution in [0.15, 0.2) is 70.2 Å². The van der Waals surface area contributed by atoms with Gasteiger partial charge in [0.2, 0.25) is 0 Å². The van der Waals surface area contributed by atoms with Gasteiger partial charge in [0.05, 0.1) is 0 Å². The molecule has 1 amide bonds. The normalized spacial score (nSPS) is 25.7. The smallest absolute Gasteiger partial charge is 0.252 e. The van der Waals surface area contributed by atoms with Crippen molar-refractivity contribution in [3.8, 4) is 0 Å². The van der Waals surface area contributed by atoms with Gasteiger partial charge in [-0.1, -0.05) is 66.6 Å². The van der Waals surface area contributed by atoms with Crippen molar-refractivity contribution < 1.29 is 4.79 Å². The van der Waals surface area contributed by atoms with Gasteiger partial charge in [0.15, 0.2) is 0 Å². The highest BCUT2D eigenvalue weighted by molar-refractivity contribution is 8.02. The van der Waals surface area contributed by atoms with Gasteiger partial charge in [-0.25, -0.2) is 0 Å². The Morgan fingerprint density at radius 2 is 2.07 bits per heavy atom.